The number of Topliss-reactive ketones (excluding diaryl/α,β-unsaturated/α-hetero) is 1. The number of cyclic esters (lactones) is 1. The second-order valence-electron chi connectivity index (χ2n) is 6.90. The molecule has 0 aromatic heterocycles. The monoisotopic (exact) mass is 348 g/mol. The quantitative estimate of drug-likeness (QED) is 0.638. The number of aliphatic hydroxyl groups excluding tert-OH is 1. The third kappa shape index (κ3) is 3.15. The molecule has 4 heteroatoms. The van der Waals surface area contributed by atoms with Gasteiger partial charge >= 0.3 is 5.97 Å². The number of aryl methyl sites for hydroxylation is 1. The predicted molar refractivity (Wildman–Crippen MR) is 96.6 cm³/mol. The first-order valence-electron chi connectivity index (χ1n) is 8.92. The molecule has 1 fully saturated rings. The van der Waals surface area contributed by atoms with Crippen LogP contribution < -0.4 is 0 Å². The average molecular weight is 348 g/mol. The molecule has 0 radical (unpaired) electrons. The molecule has 26 heavy (non-hydrogen) atoms. The van der Waals surface area contributed by atoms with Gasteiger partial charge < -0.3 is 9.84 Å². The summed E-state index contributed by atoms with van der Waals surface area (Å²) in [7, 11) is 0. The number of aliphatic hydroxyl groups is 1. The number of esters is 1. The molecule has 132 valence electrons. The summed E-state index contributed by atoms with van der Waals surface area (Å²) in [6, 6.07) is 19.6. The highest BCUT2D eigenvalue weighted by molar-refractivity contribution is 6.20. The summed E-state index contributed by atoms with van der Waals surface area (Å²) >= 11 is 0. The van der Waals surface area contributed by atoms with E-state index in [0.29, 0.717) is 19.3 Å². The fourth-order valence-electron chi connectivity index (χ4n) is 3.61. The van der Waals surface area contributed by atoms with Gasteiger partial charge in [-0.05, 0) is 36.3 Å². The van der Waals surface area contributed by atoms with Crippen molar-refractivity contribution in [1.82, 2.24) is 0 Å². The van der Waals surface area contributed by atoms with E-state index in [9.17, 15) is 14.7 Å². The molecule has 4 rings (SSSR count). The maximum Gasteiger partial charge on any atom is 0.346 e. The summed E-state index contributed by atoms with van der Waals surface area (Å²) in [6.07, 6.45) is 1.11. The first kappa shape index (κ1) is 16.6. The van der Waals surface area contributed by atoms with Crippen LogP contribution in [0.4, 0.5) is 0 Å². The fraction of sp³-hybridized carbons (Fsp3) is 0.273. The molecule has 0 bridgehead atoms. The number of hydrogen-bond donors (Lipinski definition) is 1. The van der Waals surface area contributed by atoms with Crippen molar-refractivity contribution in [3.05, 3.63) is 83.1 Å². The zero-order chi connectivity index (χ0) is 18.1. The Morgan fingerprint density at radius 3 is 2.38 bits per heavy atom. The molecule has 0 saturated heterocycles. The SMILES string of the molecule is O=C1OC(CCc2ccccc2)C(O)=C1C(=O)[C@@H]1C[C@H]1c1ccccc1. The Balaban J connectivity index is 1.44. The zero-order valence-electron chi connectivity index (χ0n) is 14.3. The standard InChI is InChI=1S/C22H20O4/c23-20(17-13-16(17)15-9-5-2-6-10-15)19-21(24)18(26-22(19)25)12-11-14-7-3-1-4-8-14/h1-10,16-18,24H,11-13H2/t16-,17+,18?/m0/s1. The Bertz CT molecular complexity index is 854. The van der Waals surface area contributed by atoms with Crippen LogP contribution in [0.5, 0.6) is 0 Å². The Hall–Kier alpha value is -2.88. The number of rotatable bonds is 6. The summed E-state index contributed by atoms with van der Waals surface area (Å²) in [5.74, 6) is -1.29. The first-order valence-corrected chi connectivity index (χ1v) is 8.92. The van der Waals surface area contributed by atoms with Crippen molar-refractivity contribution in [2.75, 3.05) is 0 Å². The van der Waals surface area contributed by atoms with E-state index in [1.807, 2.05) is 60.7 Å². The van der Waals surface area contributed by atoms with Crippen molar-refractivity contribution in [2.45, 2.75) is 31.3 Å². The van der Waals surface area contributed by atoms with E-state index in [1.54, 1.807) is 0 Å². The number of ketones is 1. The van der Waals surface area contributed by atoms with Gasteiger partial charge in [-0.25, -0.2) is 4.79 Å². The smallest absolute Gasteiger partial charge is 0.346 e. The maximum absolute atomic E-state index is 12.7. The van der Waals surface area contributed by atoms with Gasteiger partial charge in [0.25, 0.3) is 0 Å². The molecule has 1 aliphatic heterocycles. The molecule has 2 aromatic rings. The molecule has 0 amide bonds. The van der Waals surface area contributed by atoms with Crippen LogP contribution in [0.15, 0.2) is 72.0 Å². The molecular formula is C22H20O4. The maximum atomic E-state index is 12.7. The van der Waals surface area contributed by atoms with Gasteiger partial charge in [-0.1, -0.05) is 60.7 Å². The van der Waals surface area contributed by atoms with Crippen LogP contribution in [-0.2, 0) is 20.7 Å². The molecule has 2 aromatic carbocycles. The van der Waals surface area contributed by atoms with Crippen LogP contribution in [0, 0.1) is 5.92 Å². The number of carbonyl (C=O) groups excluding carboxylic acids is 2. The number of ether oxygens (including phenoxy) is 1. The lowest BCUT2D eigenvalue weighted by Crippen LogP contribution is -2.14. The van der Waals surface area contributed by atoms with Crippen LogP contribution >= 0.6 is 0 Å². The molecule has 2 aliphatic rings. The fourth-order valence-corrected chi connectivity index (χ4v) is 3.61. The number of carbonyl (C=O) groups is 2. The van der Waals surface area contributed by atoms with Gasteiger partial charge in [0, 0.05) is 5.92 Å². The highest BCUT2D eigenvalue weighted by atomic mass is 16.6. The summed E-state index contributed by atoms with van der Waals surface area (Å²) in [6.45, 7) is 0. The third-order valence-corrected chi connectivity index (χ3v) is 5.15. The van der Waals surface area contributed by atoms with Gasteiger partial charge in [0.05, 0.1) is 0 Å². The minimum atomic E-state index is -0.726. The summed E-state index contributed by atoms with van der Waals surface area (Å²) in [4.78, 5) is 24.9. The molecule has 1 N–H and O–H groups in total. The van der Waals surface area contributed by atoms with Gasteiger partial charge in [-0.15, -0.1) is 0 Å². The molecule has 0 spiro atoms. The third-order valence-electron chi connectivity index (χ3n) is 5.15. The van der Waals surface area contributed by atoms with Crippen LogP contribution in [0.1, 0.15) is 29.9 Å². The molecule has 4 nitrogen and oxygen atoms in total. The van der Waals surface area contributed by atoms with Crippen molar-refractivity contribution < 1.29 is 19.4 Å². The molecule has 1 saturated carbocycles. The van der Waals surface area contributed by atoms with Crippen LogP contribution in [0.2, 0.25) is 0 Å². The highest BCUT2D eigenvalue weighted by Gasteiger charge is 2.49. The highest BCUT2D eigenvalue weighted by Crippen LogP contribution is 2.49. The van der Waals surface area contributed by atoms with Crippen LogP contribution in [0.3, 0.4) is 0 Å². The summed E-state index contributed by atoms with van der Waals surface area (Å²) in [5, 5.41) is 10.4. The number of hydrogen-bond acceptors (Lipinski definition) is 4. The summed E-state index contributed by atoms with van der Waals surface area (Å²) in [5.41, 5.74) is 2.05. The van der Waals surface area contributed by atoms with Gasteiger partial charge in [-0.2, -0.15) is 0 Å². The molecular weight excluding hydrogens is 328 g/mol. The first-order chi connectivity index (χ1) is 12.6. The van der Waals surface area contributed by atoms with Crippen LogP contribution in [0.25, 0.3) is 0 Å². The van der Waals surface area contributed by atoms with Gasteiger partial charge in [0.2, 0.25) is 0 Å². The lowest BCUT2D eigenvalue weighted by molar-refractivity contribution is -0.141. The minimum absolute atomic E-state index is 0.125. The van der Waals surface area contributed by atoms with Gasteiger partial charge in [0.15, 0.2) is 17.6 Å². The average Bonchev–Trinajstić information content (AvgIpc) is 3.42. The lowest BCUT2D eigenvalue weighted by atomic mass is 10.00. The Kier molecular flexibility index (Phi) is 4.33. The molecule has 1 unspecified atom stereocenters. The van der Waals surface area contributed by atoms with E-state index in [2.05, 4.69) is 0 Å². The second-order valence-corrected chi connectivity index (χ2v) is 6.90. The topological polar surface area (TPSA) is 63.6 Å². The van der Waals surface area contributed by atoms with E-state index in [0.717, 1.165) is 11.1 Å². The van der Waals surface area contributed by atoms with E-state index in [1.165, 1.54) is 0 Å². The minimum Gasteiger partial charge on any atom is -0.507 e. The lowest BCUT2D eigenvalue weighted by Gasteiger charge is -2.09. The van der Waals surface area contributed by atoms with E-state index in [4.69, 9.17) is 4.74 Å². The number of benzene rings is 2. The van der Waals surface area contributed by atoms with Gasteiger partial charge in [-0.3, -0.25) is 4.79 Å². The Labute approximate surface area is 152 Å². The molecule has 3 atom stereocenters. The van der Waals surface area contributed by atoms with Crippen molar-refractivity contribution in [3.8, 4) is 0 Å². The van der Waals surface area contributed by atoms with Crippen molar-refractivity contribution >= 4 is 11.8 Å². The van der Waals surface area contributed by atoms with Crippen molar-refractivity contribution in [3.63, 3.8) is 0 Å². The van der Waals surface area contributed by atoms with E-state index >= 15 is 0 Å². The van der Waals surface area contributed by atoms with E-state index in [-0.39, 0.29) is 29.0 Å². The second kappa shape index (κ2) is 6.79. The largest absolute Gasteiger partial charge is 0.507 e. The molecule has 1 aliphatic carbocycles. The van der Waals surface area contributed by atoms with Crippen molar-refractivity contribution in [2.24, 2.45) is 5.92 Å². The normalized spacial score (nSPS) is 24.5. The summed E-state index contributed by atoms with van der Waals surface area (Å²) < 4.78 is 5.26. The van der Waals surface area contributed by atoms with Gasteiger partial charge in [0.1, 0.15) is 5.57 Å². The predicted octanol–water partition coefficient (Wildman–Crippen LogP) is 3.73. The van der Waals surface area contributed by atoms with Crippen LogP contribution in [-0.4, -0.2) is 23.0 Å². The Morgan fingerprint density at radius 1 is 1.04 bits per heavy atom. The zero-order valence-corrected chi connectivity index (χ0v) is 14.3. The Morgan fingerprint density at radius 2 is 1.69 bits per heavy atom. The van der Waals surface area contributed by atoms with Crippen molar-refractivity contribution in [1.29, 1.82) is 0 Å². The van der Waals surface area contributed by atoms with E-state index < -0.39 is 12.1 Å². The molecule has 1 heterocycles.